The number of aromatic nitrogens is 3. The molecule has 3 aromatic rings. The first-order valence-corrected chi connectivity index (χ1v) is 9.98. The zero-order valence-corrected chi connectivity index (χ0v) is 17.5. The molecule has 6 nitrogen and oxygen atoms in total. The van der Waals surface area contributed by atoms with Crippen molar-refractivity contribution < 1.29 is 9.53 Å². The van der Waals surface area contributed by atoms with E-state index in [1.165, 1.54) is 7.11 Å². The van der Waals surface area contributed by atoms with Crippen molar-refractivity contribution in [2.45, 2.75) is 18.9 Å². The Bertz CT molecular complexity index is 1110. The summed E-state index contributed by atoms with van der Waals surface area (Å²) in [6.07, 6.45) is 6.02. The Morgan fingerprint density at radius 2 is 2.17 bits per heavy atom. The maximum atomic E-state index is 11.8. The summed E-state index contributed by atoms with van der Waals surface area (Å²) in [6.45, 7) is 3.93. The van der Waals surface area contributed by atoms with E-state index in [1.807, 2.05) is 36.4 Å². The molecule has 4 rings (SSSR count). The third-order valence-corrected chi connectivity index (χ3v) is 5.31. The van der Waals surface area contributed by atoms with Gasteiger partial charge in [-0.15, -0.1) is 0 Å². The topological polar surface area (TPSA) is 69.4 Å². The second kappa shape index (κ2) is 8.13. The van der Waals surface area contributed by atoms with Gasteiger partial charge in [-0.05, 0) is 42.8 Å². The van der Waals surface area contributed by atoms with Gasteiger partial charge in [0.1, 0.15) is 11.9 Å². The number of carbonyl (C=O) groups excluding carboxylic acids is 1. The van der Waals surface area contributed by atoms with Crippen molar-refractivity contribution in [3.05, 3.63) is 82.6 Å². The highest BCUT2D eigenvalue weighted by molar-refractivity contribution is 9.10. The molecule has 0 amide bonds. The number of methoxy groups -OCH3 is 1. The number of hydrogen-bond donors (Lipinski definition) is 0. The molecule has 0 aliphatic carbocycles. The van der Waals surface area contributed by atoms with Crippen molar-refractivity contribution in [1.82, 2.24) is 14.5 Å². The molecule has 1 aliphatic rings. The number of esters is 1. The van der Waals surface area contributed by atoms with Crippen LogP contribution in [0.4, 0.5) is 0 Å². The maximum absolute atomic E-state index is 11.8. The molecular formula is C22H19BrN4O2. The molecule has 0 bridgehead atoms. The van der Waals surface area contributed by atoms with Crippen LogP contribution in [0.2, 0.25) is 0 Å². The fourth-order valence-electron chi connectivity index (χ4n) is 3.45. The highest BCUT2D eigenvalue weighted by Crippen LogP contribution is 2.35. The number of pyridine rings is 1. The van der Waals surface area contributed by atoms with E-state index < -0.39 is 0 Å². The van der Waals surface area contributed by atoms with Crippen molar-refractivity contribution in [3.8, 4) is 5.69 Å². The van der Waals surface area contributed by atoms with Crippen LogP contribution in [0.15, 0.2) is 64.8 Å². The predicted molar refractivity (Wildman–Crippen MR) is 115 cm³/mol. The van der Waals surface area contributed by atoms with E-state index >= 15 is 0 Å². The Kier molecular flexibility index (Phi) is 5.40. The van der Waals surface area contributed by atoms with Gasteiger partial charge >= 0.3 is 5.97 Å². The molecule has 0 saturated heterocycles. The fourth-order valence-corrected chi connectivity index (χ4v) is 3.82. The molecule has 1 unspecified atom stereocenters. The van der Waals surface area contributed by atoms with Crippen LogP contribution in [0.3, 0.4) is 0 Å². The van der Waals surface area contributed by atoms with Crippen LogP contribution in [-0.4, -0.2) is 33.3 Å². The van der Waals surface area contributed by atoms with Crippen LogP contribution < -0.4 is 0 Å². The standard InChI is InChI=1S/C22H19BrN4O2/c1-3-15-13-25-22-18(8-10-20(28)29-2)26-21(17-6-4-5-11-24-17)16-12-14(23)7-9-19(16)27(15)22/h3-7,9,11-13,18H,1,8,10H2,2H3. The van der Waals surface area contributed by atoms with E-state index in [4.69, 9.17) is 9.73 Å². The van der Waals surface area contributed by atoms with Crippen LogP contribution in [0.1, 0.15) is 41.7 Å². The third-order valence-electron chi connectivity index (χ3n) is 4.82. The van der Waals surface area contributed by atoms with Crippen molar-refractivity contribution >= 4 is 33.7 Å². The molecule has 0 radical (unpaired) electrons. The molecule has 1 aromatic carbocycles. The van der Waals surface area contributed by atoms with E-state index in [0.29, 0.717) is 6.42 Å². The maximum Gasteiger partial charge on any atom is 0.305 e. The lowest BCUT2D eigenvalue weighted by molar-refractivity contribution is -0.140. The number of aliphatic imine (C=N–C) groups is 1. The predicted octanol–water partition coefficient (Wildman–Crippen LogP) is 4.52. The normalized spacial score (nSPS) is 15.0. The monoisotopic (exact) mass is 450 g/mol. The summed E-state index contributed by atoms with van der Waals surface area (Å²) >= 11 is 3.57. The Hall–Kier alpha value is -3.06. The number of hydrogen-bond acceptors (Lipinski definition) is 5. The zero-order valence-electron chi connectivity index (χ0n) is 15.9. The van der Waals surface area contributed by atoms with E-state index in [0.717, 1.165) is 38.6 Å². The average Bonchev–Trinajstić information content (AvgIpc) is 3.12. The fraction of sp³-hybridized carbons (Fsp3) is 0.182. The van der Waals surface area contributed by atoms with E-state index in [-0.39, 0.29) is 18.4 Å². The Balaban J connectivity index is 1.95. The number of halogens is 1. The van der Waals surface area contributed by atoms with Crippen molar-refractivity contribution in [2.24, 2.45) is 4.99 Å². The van der Waals surface area contributed by atoms with Gasteiger partial charge < -0.3 is 4.74 Å². The number of imidazole rings is 1. The van der Waals surface area contributed by atoms with Crippen LogP contribution >= 0.6 is 15.9 Å². The number of rotatable bonds is 5. The molecule has 2 aromatic heterocycles. The second-order valence-electron chi connectivity index (χ2n) is 6.57. The van der Waals surface area contributed by atoms with Gasteiger partial charge in [-0.2, -0.15) is 0 Å². The van der Waals surface area contributed by atoms with Gasteiger partial charge in [-0.25, -0.2) is 4.98 Å². The van der Waals surface area contributed by atoms with Crippen LogP contribution in [0.25, 0.3) is 11.8 Å². The van der Waals surface area contributed by atoms with Crippen LogP contribution in [0.5, 0.6) is 0 Å². The van der Waals surface area contributed by atoms with Crippen LogP contribution in [-0.2, 0) is 9.53 Å². The smallest absolute Gasteiger partial charge is 0.305 e. The summed E-state index contributed by atoms with van der Waals surface area (Å²) in [5, 5.41) is 0. The highest BCUT2D eigenvalue weighted by atomic mass is 79.9. The first kappa shape index (κ1) is 19.3. The minimum atomic E-state index is -0.328. The Labute approximate surface area is 177 Å². The lowest BCUT2D eigenvalue weighted by Crippen LogP contribution is -2.09. The summed E-state index contributed by atoms with van der Waals surface area (Å²) < 4.78 is 7.82. The number of nitrogens with zero attached hydrogens (tertiary/aromatic N) is 4. The van der Waals surface area contributed by atoms with Gasteiger partial charge in [0, 0.05) is 22.7 Å². The second-order valence-corrected chi connectivity index (χ2v) is 7.48. The number of carbonyl (C=O) groups is 1. The Morgan fingerprint density at radius 3 is 2.90 bits per heavy atom. The minimum Gasteiger partial charge on any atom is -0.469 e. The molecule has 0 saturated carbocycles. The quantitative estimate of drug-likeness (QED) is 0.535. The summed E-state index contributed by atoms with van der Waals surface area (Å²) in [5.74, 6) is 0.490. The van der Waals surface area contributed by atoms with Gasteiger partial charge in [-0.1, -0.05) is 28.6 Å². The number of benzene rings is 1. The lowest BCUT2D eigenvalue weighted by atomic mass is 10.0. The molecule has 0 spiro atoms. The van der Waals surface area contributed by atoms with Gasteiger partial charge in [0.05, 0.1) is 36.1 Å². The van der Waals surface area contributed by atoms with Crippen molar-refractivity contribution in [1.29, 1.82) is 0 Å². The molecule has 0 fully saturated rings. The van der Waals surface area contributed by atoms with E-state index in [1.54, 1.807) is 18.5 Å². The largest absolute Gasteiger partial charge is 0.469 e. The summed E-state index contributed by atoms with van der Waals surface area (Å²) in [5.41, 5.74) is 4.27. The van der Waals surface area contributed by atoms with Crippen molar-refractivity contribution in [2.75, 3.05) is 7.11 Å². The zero-order chi connectivity index (χ0) is 20.4. The SMILES string of the molecule is C=Cc1cnc2n1-c1ccc(Br)cc1C(c1ccccn1)=NC2CCC(=O)OC. The number of fused-ring (bicyclic) bond motifs is 3. The number of ether oxygens (including phenoxy) is 1. The molecule has 0 N–H and O–H groups in total. The molecule has 7 heteroatoms. The van der Waals surface area contributed by atoms with Crippen molar-refractivity contribution in [3.63, 3.8) is 0 Å². The minimum absolute atomic E-state index is 0.247. The summed E-state index contributed by atoms with van der Waals surface area (Å²) in [4.78, 5) is 26.0. The van der Waals surface area contributed by atoms with Crippen LogP contribution in [0, 0.1) is 0 Å². The summed E-state index contributed by atoms with van der Waals surface area (Å²) in [6, 6.07) is 11.5. The lowest BCUT2D eigenvalue weighted by Gasteiger charge is -2.14. The molecule has 3 heterocycles. The van der Waals surface area contributed by atoms with Gasteiger partial charge in [0.15, 0.2) is 0 Å². The molecule has 1 aliphatic heterocycles. The van der Waals surface area contributed by atoms with E-state index in [9.17, 15) is 4.79 Å². The van der Waals surface area contributed by atoms with E-state index in [2.05, 4.69) is 37.0 Å². The summed E-state index contributed by atoms with van der Waals surface area (Å²) in [7, 11) is 1.39. The average molecular weight is 451 g/mol. The molecule has 1 atom stereocenters. The molecule has 146 valence electrons. The molecular weight excluding hydrogens is 432 g/mol. The van der Waals surface area contributed by atoms with Gasteiger partial charge in [0.2, 0.25) is 0 Å². The highest BCUT2D eigenvalue weighted by Gasteiger charge is 2.28. The third kappa shape index (κ3) is 3.65. The molecule has 29 heavy (non-hydrogen) atoms. The van der Waals surface area contributed by atoms with Gasteiger partial charge in [-0.3, -0.25) is 19.3 Å². The Morgan fingerprint density at radius 1 is 1.31 bits per heavy atom. The first-order valence-electron chi connectivity index (χ1n) is 9.18. The first-order chi connectivity index (χ1) is 14.1. The van der Waals surface area contributed by atoms with Gasteiger partial charge in [0.25, 0.3) is 0 Å².